The molecule has 1 amide bonds. The van der Waals surface area contributed by atoms with Gasteiger partial charge in [-0.25, -0.2) is 4.79 Å². The average molecular weight is 356 g/mol. The fourth-order valence-corrected chi connectivity index (χ4v) is 3.45. The molecule has 0 saturated carbocycles. The quantitative estimate of drug-likeness (QED) is 0.826. The molecule has 1 atom stereocenters. The lowest BCUT2D eigenvalue weighted by Crippen LogP contribution is -2.31. The molecule has 26 heavy (non-hydrogen) atoms. The summed E-state index contributed by atoms with van der Waals surface area (Å²) in [4.78, 5) is 25.3. The van der Waals surface area contributed by atoms with E-state index in [0.29, 0.717) is 18.0 Å². The Kier molecular flexibility index (Phi) is 5.37. The monoisotopic (exact) mass is 356 g/mol. The molecule has 2 heterocycles. The van der Waals surface area contributed by atoms with Gasteiger partial charge < -0.3 is 10.4 Å². The number of hydrogen-bond acceptors (Lipinski definition) is 4. The van der Waals surface area contributed by atoms with E-state index in [1.165, 1.54) is 0 Å². The highest BCUT2D eigenvalue weighted by atomic mass is 16.4. The summed E-state index contributed by atoms with van der Waals surface area (Å²) in [5.41, 5.74) is 3.01. The standard InChI is InChI=1S/C19H24N4O3/c1-13-17(11-22(2)21-13)20-18(24)12-23-8-7-15(10-23)9-14-3-5-16(6-4-14)19(25)26/h3-6,11,15H,7-10,12H2,1-2H3,(H,20,24)(H,25,26)/t15-/m0/s1. The second-order valence-corrected chi connectivity index (χ2v) is 6.95. The summed E-state index contributed by atoms with van der Waals surface area (Å²) in [6, 6.07) is 7.05. The largest absolute Gasteiger partial charge is 0.478 e. The van der Waals surface area contributed by atoms with Crippen molar-refractivity contribution in [1.82, 2.24) is 14.7 Å². The molecular weight excluding hydrogens is 332 g/mol. The number of carboxylic acids is 1. The molecule has 0 bridgehead atoms. The molecule has 0 spiro atoms. The second-order valence-electron chi connectivity index (χ2n) is 6.95. The van der Waals surface area contributed by atoms with Crippen LogP contribution >= 0.6 is 0 Å². The first-order valence-electron chi connectivity index (χ1n) is 8.75. The van der Waals surface area contributed by atoms with Crippen molar-refractivity contribution in [3.63, 3.8) is 0 Å². The van der Waals surface area contributed by atoms with E-state index in [0.717, 1.165) is 42.9 Å². The summed E-state index contributed by atoms with van der Waals surface area (Å²) in [6.07, 6.45) is 3.75. The van der Waals surface area contributed by atoms with E-state index in [4.69, 9.17) is 5.11 Å². The van der Waals surface area contributed by atoms with Crippen LogP contribution in [-0.4, -0.2) is 51.3 Å². The van der Waals surface area contributed by atoms with Gasteiger partial charge in [0.2, 0.25) is 5.91 Å². The van der Waals surface area contributed by atoms with Crippen molar-refractivity contribution in [1.29, 1.82) is 0 Å². The Hall–Kier alpha value is -2.67. The van der Waals surface area contributed by atoms with Crippen LogP contribution < -0.4 is 5.32 Å². The number of aryl methyl sites for hydroxylation is 2. The second kappa shape index (κ2) is 7.70. The third-order valence-electron chi connectivity index (χ3n) is 4.75. The first-order chi connectivity index (χ1) is 12.4. The molecule has 1 aromatic heterocycles. The lowest BCUT2D eigenvalue weighted by molar-refractivity contribution is -0.117. The average Bonchev–Trinajstić information content (AvgIpc) is 3.14. The number of nitrogens with zero attached hydrogens (tertiary/aromatic N) is 3. The molecule has 1 aromatic carbocycles. The minimum absolute atomic E-state index is 0.0208. The molecular formula is C19H24N4O3. The zero-order valence-corrected chi connectivity index (χ0v) is 15.1. The number of carboxylic acid groups (broad SMARTS) is 1. The molecule has 2 aromatic rings. The summed E-state index contributed by atoms with van der Waals surface area (Å²) in [5.74, 6) is -0.440. The van der Waals surface area contributed by atoms with Crippen LogP contribution in [0.3, 0.4) is 0 Å². The maximum Gasteiger partial charge on any atom is 0.335 e. The number of carbonyl (C=O) groups is 2. The summed E-state index contributed by atoms with van der Waals surface area (Å²) < 4.78 is 1.69. The van der Waals surface area contributed by atoms with Gasteiger partial charge in [-0.05, 0) is 49.9 Å². The fraction of sp³-hybridized carbons (Fsp3) is 0.421. The van der Waals surface area contributed by atoms with Crippen molar-refractivity contribution in [2.75, 3.05) is 25.0 Å². The van der Waals surface area contributed by atoms with Crippen molar-refractivity contribution < 1.29 is 14.7 Å². The van der Waals surface area contributed by atoms with E-state index in [2.05, 4.69) is 15.3 Å². The van der Waals surface area contributed by atoms with Gasteiger partial charge in [-0.1, -0.05) is 12.1 Å². The summed E-state index contributed by atoms with van der Waals surface area (Å²) in [7, 11) is 1.83. The van der Waals surface area contributed by atoms with Crippen molar-refractivity contribution >= 4 is 17.6 Å². The summed E-state index contributed by atoms with van der Waals surface area (Å²) >= 11 is 0. The Bertz CT molecular complexity index is 798. The number of aromatic carboxylic acids is 1. The molecule has 1 aliphatic heterocycles. The van der Waals surface area contributed by atoms with Gasteiger partial charge >= 0.3 is 5.97 Å². The first kappa shape index (κ1) is 18.1. The van der Waals surface area contributed by atoms with Gasteiger partial charge in [-0.15, -0.1) is 0 Å². The highest BCUT2D eigenvalue weighted by Gasteiger charge is 2.24. The van der Waals surface area contributed by atoms with Gasteiger partial charge in [0.25, 0.3) is 0 Å². The van der Waals surface area contributed by atoms with Gasteiger partial charge in [-0.2, -0.15) is 5.10 Å². The van der Waals surface area contributed by atoms with Crippen LogP contribution in [0.2, 0.25) is 0 Å². The molecule has 2 N–H and O–H groups in total. The Balaban J connectivity index is 1.48. The van der Waals surface area contributed by atoms with E-state index in [1.54, 1.807) is 23.0 Å². The normalized spacial score (nSPS) is 17.4. The Labute approximate surface area is 152 Å². The molecule has 0 unspecified atom stereocenters. The van der Waals surface area contributed by atoms with Crippen molar-refractivity contribution in [3.8, 4) is 0 Å². The van der Waals surface area contributed by atoms with E-state index in [1.807, 2.05) is 26.1 Å². The van der Waals surface area contributed by atoms with Crippen LogP contribution in [0.25, 0.3) is 0 Å². The van der Waals surface area contributed by atoms with Crippen molar-refractivity contribution in [3.05, 3.63) is 47.3 Å². The van der Waals surface area contributed by atoms with E-state index in [9.17, 15) is 9.59 Å². The topological polar surface area (TPSA) is 87.5 Å². The zero-order chi connectivity index (χ0) is 18.7. The highest BCUT2D eigenvalue weighted by Crippen LogP contribution is 2.21. The third kappa shape index (κ3) is 4.49. The molecule has 1 aliphatic rings. The number of benzene rings is 1. The predicted molar refractivity (Wildman–Crippen MR) is 98.2 cm³/mol. The number of hydrogen-bond donors (Lipinski definition) is 2. The van der Waals surface area contributed by atoms with Crippen LogP contribution in [0.1, 0.15) is 28.0 Å². The highest BCUT2D eigenvalue weighted by molar-refractivity contribution is 5.92. The summed E-state index contributed by atoms with van der Waals surface area (Å²) in [5, 5.41) is 16.1. The smallest absolute Gasteiger partial charge is 0.335 e. The van der Waals surface area contributed by atoms with E-state index in [-0.39, 0.29) is 5.91 Å². The molecule has 0 radical (unpaired) electrons. The van der Waals surface area contributed by atoms with Gasteiger partial charge in [0.1, 0.15) is 0 Å². The van der Waals surface area contributed by atoms with Crippen LogP contribution in [-0.2, 0) is 18.3 Å². The molecule has 1 saturated heterocycles. The number of likely N-dealkylation sites (tertiary alicyclic amines) is 1. The van der Waals surface area contributed by atoms with Crippen molar-refractivity contribution in [2.45, 2.75) is 19.8 Å². The van der Waals surface area contributed by atoms with Crippen LogP contribution in [0, 0.1) is 12.8 Å². The molecule has 0 aliphatic carbocycles. The number of rotatable bonds is 6. The lowest BCUT2D eigenvalue weighted by Gasteiger charge is -2.15. The third-order valence-corrected chi connectivity index (χ3v) is 4.75. The fourth-order valence-electron chi connectivity index (χ4n) is 3.45. The maximum absolute atomic E-state index is 12.3. The number of anilines is 1. The predicted octanol–water partition coefficient (Wildman–Crippen LogP) is 1.93. The van der Waals surface area contributed by atoms with Gasteiger partial charge in [0.15, 0.2) is 0 Å². The number of carbonyl (C=O) groups excluding carboxylic acids is 1. The molecule has 1 fully saturated rings. The Morgan fingerprint density at radius 2 is 2.04 bits per heavy atom. The van der Waals surface area contributed by atoms with Gasteiger partial charge in [0.05, 0.1) is 23.5 Å². The first-order valence-corrected chi connectivity index (χ1v) is 8.75. The van der Waals surface area contributed by atoms with Crippen LogP contribution in [0.5, 0.6) is 0 Å². The summed E-state index contributed by atoms with van der Waals surface area (Å²) in [6.45, 7) is 4.03. The van der Waals surface area contributed by atoms with Crippen LogP contribution in [0.4, 0.5) is 5.69 Å². The minimum Gasteiger partial charge on any atom is -0.478 e. The Morgan fingerprint density at radius 3 is 2.65 bits per heavy atom. The number of nitrogens with one attached hydrogen (secondary N) is 1. The zero-order valence-electron chi connectivity index (χ0n) is 15.1. The Morgan fingerprint density at radius 1 is 1.31 bits per heavy atom. The molecule has 7 nitrogen and oxygen atoms in total. The van der Waals surface area contributed by atoms with Gasteiger partial charge in [0, 0.05) is 19.8 Å². The minimum atomic E-state index is -0.904. The number of amides is 1. The molecule has 138 valence electrons. The van der Waals surface area contributed by atoms with Crippen molar-refractivity contribution in [2.24, 2.45) is 13.0 Å². The maximum atomic E-state index is 12.3. The lowest BCUT2D eigenvalue weighted by atomic mass is 9.98. The number of aromatic nitrogens is 2. The van der Waals surface area contributed by atoms with E-state index >= 15 is 0 Å². The molecule has 3 rings (SSSR count). The SMILES string of the molecule is Cc1nn(C)cc1NC(=O)CN1CC[C@@H](Cc2ccc(C(=O)O)cc2)C1. The molecule has 7 heteroatoms. The van der Waals surface area contributed by atoms with Crippen LogP contribution in [0.15, 0.2) is 30.5 Å². The van der Waals surface area contributed by atoms with Gasteiger partial charge in [-0.3, -0.25) is 14.4 Å². The van der Waals surface area contributed by atoms with E-state index < -0.39 is 5.97 Å².